The Balaban J connectivity index is 1.52. The van der Waals surface area contributed by atoms with Crippen LogP contribution in [0.2, 0.25) is 0 Å². The molecule has 1 unspecified atom stereocenters. The summed E-state index contributed by atoms with van der Waals surface area (Å²) in [4.78, 5) is 7.68. The number of aromatic nitrogens is 2. The Morgan fingerprint density at radius 2 is 2.25 bits per heavy atom. The molecule has 0 spiro atoms. The average Bonchev–Trinajstić information content (AvgIpc) is 3.48. The summed E-state index contributed by atoms with van der Waals surface area (Å²) in [5.74, 6) is 2.47. The molecule has 1 saturated heterocycles. The molecule has 2 aromatic heterocycles. The standard InChI is InChI=1S/C22H25N3O2S/c1-26-19-4-2-3-17(11-19)21-20-13-24(12-16-6-10-28-15-16)7-8-25(20)22(23-21)18-5-9-27-14-18/h2-4,6,10-11,15,18H,5,7-9,12-14H2,1H3. The Morgan fingerprint density at radius 3 is 3.04 bits per heavy atom. The van der Waals surface area contributed by atoms with Crippen molar-refractivity contribution >= 4 is 11.3 Å². The lowest BCUT2D eigenvalue weighted by molar-refractivity contribution is 0.190. The second kappa shape index (κ2) is 7.70. The lowest BCUT2D eigenvalue weighted by Crippen LogP contribution is -2.34. The molecule has 6 heteroatoms. The van der Waals surface area contributed by atoms with Crippen molar-refractivity contribution in [2.24, 2.45) is 0 Å². The van der Waals surface area contributed by atoms with Gasteiger partial charge in [-0.05, 0) is 40.9 Å². The van der Waals surface area contributed by atoms with E-state index in [0.717, 1.165) is 62.8 Å². The van der Waals surface area contributed by atoms with Crippen molar-refractivity contribution in [3.63, 3.8) is 0 Å². The largest absolute Gasteiger partial charge is 0.497 e. The fraction of sp³-hybridized carbons (Fsp3) is 0.409. The van der Waals surface area contributed by atoms with Crippen LogP contribution in [-0.4, -0.2) is 41.3 Å². The lowest BCUT2D eigenvalue weighted by Gasteiger charge is -2.29. The van der Waals surface area contributed by atoms with Crippen molar-refractivity contribution in [1.29, 1.82) is 0 Å². The minimum Gasteiger partial charge on any atom is -0.497 e. The molecule has 0 amide bonds. The normalized spacial score (nSPS) is 19.7. The van der Waals surface area contributed by atoms with E-state index in [2.05, 4.69) is 38.4 Å². The highest BCUT2D eigenvalue weighted by Gasteiger charge is 2.30. The minimum atomic E-state index is 0.404. The molecule has 2 aliphatic heterocycles. The van der Waals surface area contributed by atoms with E-state index in [1.807, 2.05) is 12.1 Å². The topological polar surface area (TPSA) is 39.5 Å². The summed E-state index contributed by atoms with van der Waals surface area (Å²) in [5, 5.41) is 4.40. The van der Waals surface area contributed by atoms with Crippen molar-refractivity contribution in [3.8, 4) is 17.0 Å². The molecule has 5 rings (SSSR count). The zero-order valence-corrected chi connectivity index (χ0v) is 17.0. The van der Waals surface area contributed by atoms with Gasteiger partial charge in [0.25, 0.3) is 0 Å². The van der Waals surface area contributed by atoms with E-state index in [1.165, 1.54) is 17.1 Å². The molecule has 2 aliphatic rings. The van der Waals surface area contributed by atoms with Gasteiger partial charge >= 0.3 is 0 Å². The molecule has 1 atom stereocenters. The maximum absolute atomic E-state index is 5.66. The van der Waals surface area contributed by atoms with Crippen LogP contribution in [0.15, 0.2) is 41.1 Å². The number of methoxy groups -OCH3 is 1. The zero-order valence-electron chi connectivity index (χ0n) is 16.1. The second-order valence-electron chi connectivity index (χ2n) is 7.55. The van der Waals surface area contributed by atoms with Crippen molar-refractivity contribution in [2.45, 2.75) is 32.0 Å². The van der Waals surface area contributed by atoms with Crippen LogP contribution < -0.4 is 4.74 Å². The first-order valence-electron chi connectivity index (χ1n) is 9.86. The van der Waals surface area contributed by atoms with Gasteiger partial charge < -0.3 is 14.0 Å². The molecule has 0 aliphatic carbocycles. The van der Waals surface area contributed by atoms with Gasteiger partial charge in [0.05, 0.1) is 25.1 Å². The maximum atomic E-state index is 5.66. The minimum absolute atomic E-state index is 0.404. The molecule has 3 aromatic rings. The quantitative estimate of drug-likeness (QED) is 0.651. The monoisotopic (exact) mass is 395 g/mol. The number of imidazole rings is 1. The van der Waals surface area contributed by atoms with Crippen LogP contribution in [0.3, 0.4) is 0 Å². The van der Waals surface area contributed by atoms with E-state index in [9.17, 15) is 0 Å². The smallest absolute Gasteiger partial charge is 0.119 e. The van der Waals surface area contributed by atoms with Gasteiger partial charge in [-0.1, -0.05) is 12.1 Å². The van der Waals surface area contributed by atoms with Crippen molar-refractivity contribution in [1.82, 2.24) is 14.5 Å². The molecule has 0 radical (unpaired) electrons. The summed E-state index contributed by atoms with van der Waals surface area (Å²) in [7, 11) is 1.71. The molecule has 0 bridgehead atoms. The third kappa shape index (κ3) is 3.36. The van der Waals surface area contributed by atoms with E-state index in [0.29, 0.717) is 5.92 Å². The third-order valence-corrected chi connectivity index (χ3v) is 6.47. The van der Waals surface area contributed by atoms with E-state index in [1.54, 1.807) is 18.4 Å². The van der Waals surface area contributed by atoms with Crippen LogP contribution in [0.1, 0.15) is 29.4 Å². The van der Waals surface area contributed by atoms with Gasteiger partial charge in [-0.25, -0.2) is 4.98 Å². The highest BCUT2D eigenvalue weighted by Crippen LogP contribution is 2.35. The lowest BCUT2D eigenvalue weighted by atomic mass is 10.1. The highest BCUT2D eigenvalue weighted by atomic mass is 32.1. The fourth-order valence-corrected chi connectivity index (χ4v) is 4.93. The number of ether oxygens (including phenoxy) is 2. The summed E-state index contributed by atoms with van der Waals surface area (Å²) >= 11 is 1.77. The predicted molar refractivity (Wildman–Crippen MR) is 111 cm³/mol. The summed E-state index contributed by atoms with van der Waals surface area (Å²) in [6.45, 7) is 5.58. The Hall–Kier alpha value is -2.15. The van der Waals surface area contributed by atoms with E-state index < -0.39 is 0 Å². The Morgan fingerprint density at radius 1 is 1.29 bits per heavy atom. The van der Waals surface area contributed by atoms with Gasteiger partial charge in [-0.3, -0.25) is 4.90 Å². The van der Waals surface area contributed by atoms with Crippen LogP contribution in [0.25, 0.3) is 11.3 Å². The summed E-state index contributed by atoms with van der Waals surface area (Å²) in [6, 6.07) is 10.5. The molecule has 28 heavy (non-hydrogen) atoms. The van der Waals surface area contributed by atoms with E-state index in [-0.39, 0.29) is 0 Å². The number of rotatable bonds is 5. The molecule has 0 N–H and O–H groups in total. The number of fused-ring (bicyclic) bond motifs is 1. The van der Waals surface area contributed by atoms with Crippen LogP contribution >= 0.6 is 11.3 Å². The van der Waals surface area contributed by atoms with E-state index in [4.69, 9.17) is 14.5 Å². The fourth-order valence-electron chi connectivity index (χ4n) is 4.27. The number of hydrogen-bond donors (Lipinski definition) is 0. The van der Waals surface area contributed by atoms with Crippen LogP contribution in [-0.2, 0) is 24.4 Å². The van der Waals surface area contributed by atoms with Gasteiger partial charge in [0.15, 0.2) is 0 Å². The first-order chi connectivity index (χ1) is 13.8. The van der Waals surface area contributed by atoms with Crippen LogP contribution in [0, 0.1) is 0 Å². The summed E-state index contributed by atoms with van der Waals surface area (Å²) in [5.41, 5.74) is 4.93. The SMILES string of the molecule is COc1cccc(-c2nc(C3CCOC3)n3c2CN(Cc2ccsc2)CC3)c1. The Bertz CT molecular complexity index is 945. The van der Waals surface area contributed by atoms with Crippen molar-refractivity contribution in [3.05, 3.63) is 58.2 Å². The first-order valence-corrected chi connectivity index (χ1v) is 10.8. The van der Waals surface area contributed by atoms with Crippen LogP contribution in [0.4, 0.5) is 0 Å². The number of benzene rings is 1. The maximum Gasteiger partial charge on any atom is 0.119 e. The van der Waals surface area contributed by atoms with Gasteiger partial charge in [0, 0.05) is 44.3 Å². The predicted octanol–water partition coefficient (Wildman–Crippen LogP) is 4.14. The first kappa shape index (κ1) is 17.9. The average molecular weight is 396 g/mol. The Labute approximate surface area is 169 Å². The molecular weight excluding hydrogens is 370 g/mol. The zero-order chi connectivity index (χ0) is 18.9. The molecule has 1 aromatic carbocycles. The van der Waals surface area contributed by atoms with E-state index >= 15 is 0 Å². The van der Waals surface area contributed by atoms with Gasteiger partial charge in [0.2, 0.25) is 0 Å². The molecule has 1 fully saturated rings. The summed E-state index contributed by atoms with van der Waals surface area (Å²) in [6.07, 6.45) is 1.06. The molecule has 4 heterocycles. The molecule has 0 saturated carbocycles. The van der Waals surface area contributed by atoms with Crippen LogP contribution in [0.5, 0.6) is 5.75 Å². The van der Waals surface area contributed by atoms with Crippen molar-refractivity contribution < 1.29 is 9.47 Å². The summed E-state index contributed by atoms with van der Waals surface area (Å²) < 4.78 is 13.6. The molecule has 5 nitrogen and oxygen atoms in total. The molecular formula is C22H25N3O2S. The number of nitrogens with zero attached hydrogens (tertiary/aromatic N) is 3. The van der Waals surface area contributed by atoms with Gasteiger partial charge in [0.1, 0.15) is 11.6 Å². The van der Waals surface area contributed by atoms with Gasteiger partial charge in [-0.15, -0.1) is 0 Å². The van der Waals surface area contributed by atoms with Crippen molar-refractivity contribution in [2.75, 3.05) is 26.9 Å². The Kier molecular flexibility index (Phi) is 4.93. The second-order valence-corrected chi connectivity index (χ2v) is 8.33. The number of thiophene rings is 1. The third-order valence-electron chi connectivity index (χ3n) is 5.74. The van der Waals surface area contributed by atoms with Gasteiger partial charge in [-0.2, -0.15) is 11.3 Å². The molecule has 146 valence electrons. The highest BCUT2D eigenvalue weighted by molar-refractivity contribution is 7.07. The number of hydrogen-bond acceptors (Lipinski definition) is 5.